The molecule has 1 aliphatic heterocycles. The highest BCUT2D eigenvalue weighted by Crippen LogP contribution is 2.58. The van der Waals surface area contributed by atoms with Crippen molar-refractivity contribution in [3.05, 3.63) is 84.7 Å². The van der Waals surface area contributed by atoms with Crippen LogP contribution in [-0.4, -0.2) is 56.5 Å². The van der Waals surface area contributed by atoms with Gasteiger partial charge in [-0.3, -0.25) is 4.79 Å². The SMILES string of the molecule is COC(=O)N[C@H](C(=O)N1CC2(CC2)C[C@H]1c1ncc(-c2ccc(-c3ccc4cc(-c5cnc([C@H]6C[C@@H]7CC[C@H]6C7)[nH]5)ccc4c3)cc2)[nH]1)C(C)C. The van der Waals surface area contributed by atoms with Crippen molar-refractivity contribution in [2.75, 3.05) is 13.7 Å². The number of benzene rings is 3. The highest BCUT2D eigenvalue weighted by Gasteiger charge is 2.55. The van der Waals surface area contributed by atoms with Gasteiger partial charge in [-0.25, -0.2) is 14.8 Å². The van der Waals surface area contributed by atoms with E-state index in [0.29, 0.717) is 12.5 Å². The molecule has 3 saturated carbocycles. The maximum atomic E-state index is 13.8. The van der Waals surface area contributed by atoms with E-state index in [1.54, 1.807) is 0 Å². The van der Waals surface area contributed by atoms with Gasteiger partial charge in [0.05, 0.1) is 36.9 Å². The summed E-state index contributed by atoms with van der Waals surface area (Å²) >= 11 is 0. The largest absolute Gasteiger partial charge is 0.453 e. The molecule has 0 unspecified atom stereocenters. The number of ether oxygens (including phenoxy) is 1. The van der Waals surface area contributed by atoms with Gasteiger partial charge in [0.15, 0.2) is 0 Å². The van der Waals surface area contributed by atoms with E-state index in [2.05, 4.69) is 75.9 Å². The molecule has 3 heterocycles. The number of amides is 2. The molecule has 262 valence electrons. The second-order valence-electron chi connectivity index (χ2n) is 16.0. The zero-order valence-electron chi connectivity index (χ0n) is 29.6. The second-order valence-corrected chi connectivity index (χ2v) is 16.0. The van der Waals surface area contributed by atoms with Crippen LogP contribution in [-0.2, 0) is 9.53 Å². The molecule has 2 aromatic heterocycles. The number of fused-ring (bicyclic) bond motifs is 3. The third-order valence-electron chi connectivity index (χ3n) is 12.4. The molecular formula is C42H46N6O3. The number of likely N-dealkylation sites (tertiary alicyclic amines) is 1. The topological polar surface area (TPSA) is 116 Å². The Kier molecular flexibility index (Phi) is 7.78. The number of hydrogen-bond acceptors (Lipinski definition) is 5. The van der Waals surface area contributed by atoms with Gasteiger partial charge in [-0.15, -0.1) is 0 Å². The summed E-state index contributed by atoms with van der Waals surface area (Å²) in [5.41, 5.74) is 6.71. The van der Waals surface area contributed by atoms with E-state index in [9.17, 15) is 9.59 Å². The molecule has 1 spiro atoms. The van der Waals surface area contributed by atoms with Crippen LogP contribution in [0, 0.1) is 23.2 Å². The highest BCUT2D eigenvalue weighted by molar-refractivity contribution is 5.91. The van der Waals surface area contributed by atoms with Crippen LogP contribution in [0.3, 0.4) is 0 Å². The van der Waals surface area contributed by atoms with Crippen LogP contribution < -0.4 is 5.32 Å². The van der Waals surface area contributed by atoms with Crippen molar-refractivity contribution < 1.29 is 14.3 Å². The fourth-order valence-electron chi connectivity index (χ4n) is 9.29. The van der Waals surface area contributed by atoms with E-state index in [1.165, 1.54) is 60.5 Å². The maximum absolute atomic E-state index is 13.8. The quantitative estimate of drug-likeness (QED) is 0.152. The standard InChI is InChI=1S/C42H46N6O3/c1-24(2)37(47-41(50)51-3)40(49)48-23-42(14-15-42)20-36(48)39-44-21-34(46-39)27-8-6-26(7-9-27)28-10-11-30-19-32(13-12-29(30)18-28)35-22-43-38(45-35)33-17-25-4-5-31(33)16-25/h6-13,18-19,21-22,24-25,31,33,36-37H,4-5,14-17,20,23H2,1-3H3,(H,43,45)(H,44,46)(H,47,50)/t25-,31+,33+,36+,37+/m1/s1. The highest BCUT2D eigenvalue weighted by atomic mass is 16.5. The summed E-state index contributed by atoms with van der Waals surface area (Å²) < 4.78 is 4.81. The monoisotopic (exact) mass is 682 g/mol. The summed E-state index contributed by atoms with van der Waals surface area (Å²) in [6.45, 7) is 4.57. The van der Waals surface area contributed by atoms with Crippen LogP contribution in [0.2, 0.25) is 0 Å². The van der Waals surface area contributed by atoms with E-state index in [-0.39, 0.29) is 23.3 Å². The Bertz CT molecular complexity index is 2110. The summed E-state index contributed by atoms with van der Waals surface area (Å²) in [4.78, 5) is 44.6. The van der Waals surface area contributed by atoms with Gasteiger partial charge in [-0.2, -0.15) is 0 Å². The number of nitrogens with one attached hydrogen (secondary N) is 3. The predicted octanol–water partition coefficient (Wildman–Crippen LogP) is 8.62. The van der Waals surface area contributed by atoms with Crippen molar-refractivity contribution in [1.29, 1.82) is 0 Å². The number of aromatic nitrogens is 4. The number of methoxy groups -OCH3 is 1. The molecule has 2 amide bonds. The summed E-state index contributed by atoms with van der Waals surface area (Å²) in [5.74, 6) is 4.12. The normalized spacial score (nSPS) is 23.7. The van der Waals surface area contributed by atoms with Gasteiger partial charge in [0.1, 0.15) is 17.7 Å². The number of carbonyl (C=O) groups excluding carboxylic acids is 2. The van der Waals surface area contributed by atoms with Crippen molar-refractivity contribution >= 4 is 22.8 Å². The van der Waals surface area contributed by atoms with Gasteiger partial charge in [0, 0.05) is 18.0 Å². The number of H-pyrrole nitrogens is 2. The fourth-order valence-corrected chi connectivity index (χ4v) is 9.29. The van der Waals surface area contributed by atoms with Crippen molar-refractivity contribution in [2.24, 2.45) is 23.2 Å². The van der Waals surface area contributed by atoms with Crippen LogP contribution in [0.15, 0.2) is 73.1 Å². The van der Waals surface area contributed by atoms with Crippen molar-refractivity contribution in [1.82, 2.24) is 30.2 Å². The molecule has 9 nitrogen and oxygen atoms in total. The first kappa shape index (κ1) is 32.0. The Morgan fingerprint density at radius 2 is 1.49 bits per heavy atom. The Morgan fingerprint density at radius 1 is 0.843 bits per heavy atom. The summed E-state index contributed by atoms with van der Waals surface area (Å²) in [5, 5.41) is 5.17. The van der Waals surface area contributed by atoms with Gasteiger partial charge in [0.25, 0.3) is 0 Å². The molecule has 3 N–H and O–H groups in total. The first-order chi connectivity index (χ1) is 24.8. The van der Waals surface area contributed by atoms with Gasteiger partial charge in [-0.1, -0.05) is 68.8 Å². The molecule has 2 bridgehead atoms. The lowest BCUT2D eigenvalue weighted by atomic mass is 9.88. The third-order valence-corrected chi connectivity index (χ3v) is 12.4. The number of imidazole rings is 2. The molecule has 9 rings (SSSR count). The summed E-state index contributed by atoms with van der Waals surface area (Å²) in [6.07, 6.45) is 11.8. The number of carbonyl (C=O) groups is 2. The summed E-state index contributed by atoms with van der Waals surface area (Å²) in [7, 11) is 1.32. The fraction of sp³-hybridized carbons (Fsp3) is 0.429. The summed E-state index contributed by atoms with van der Waals surface area (Å²) in [6, 6.07) is 21.1. The first-order valence-electron chi connectivity index (χ1n) is 18.7. The molecule has 3 aliphatic carbocycles. The molecule has 0 radical (unpaired) electrons. The van der Waals surface area contributed by atoms with E-state index < -0.39 is 12.1 Å². The van der Waals surface area contributed by atoms with E-state index in [1.807, 2.05) is 31.1 Å². The lowest BCUT2D eigenvalue weighted by Gasteiger charge is -2.30. The molecular weight excluding hydrogens is 637 g/mol. The number of alkyl carbamates (subject to hydrolysis) is 1. The number of nitrogens with zero attached hydrogens (tertiary/aromatic N) is 3. The Morgan fingerprint density at radius 3 is 2.16 bits per heavy atom. The first-order valence-corrected chi connectivity index (χ1v) is 18.7. The Hall–Kier alpha value is -4.92. The van der Waals surface area contributed by atoms with Crippen molar-refractivity contribution in [2.45, 2.75) is 76.8 Å². The van der Waals surface area contributed by atoms with Crippen LogP contribution in [0.25, 0.3) is 44.4 Å². The van der Waals surface area contributed by atoms with Crippen molar-refractivity contribution in [3.8, 4) is 33.6 Å². The molecule has 1 saturated heterocycles. The second kappa shape index (κ2) is 12.4. The zero-order valence-corrected chi connectivity index (χ0v) is 29.6. The molecule has 3 aromatic carbocycles. The lowest BCUT2D eigenvalue weighted by Crippen LogP contribution is -2.51. The number of aromatic amines is 2. The van der Waals surface area contributed by atoms with Gasteiger partial charge >= 0.3 is 6.09 Å². The minimum atomic E-state index is -0.659. The van der Waals surface area contributed by atoms with Crippen molar-refractivity contribution in [3.63, 3.8) is 0 Å². The van der Waals surface area contributed by atoms with Gasteiger partial charge < -0.3 is 24.9 Å². The molecule has 51 heavy (non-hydrogen) atoms. The Balaban J connectivity index is 0.905. The minimum absolute atomic E-state index is 0.0784. The molecule has 5 aromatic rings. The van der Waals surface area contributed by atoms with Crippen LogP contribution in [0.4, 0.5) is 4.79 Å². The van der Waals surface area contributed by atoms with E-state index in [0.717, 1.165) is 59.4 Å². The smallest absolute Gasteiger partial charge is 0.407 e. The Labute approximate surface area is 298 Å². The van der Waals surface area contributed by atoms with Crippen LogP contribution >= 0.6 is 0 Å². The molecule has 4 fully saturated rings. The molecule has 4 aliphatic rings. The number of rotatable bonds is 8. The predicted molar refractivity (Wildman–Crippen MR) is 198 cm³/mol. The van der Waals surface area contributed by atoms with Gasteiger partial charge in [-0.05, 0) is 101 Å². The minimum Gasteiger partial charge on any atom is -0.453 e. The number of hydrogen-bond donors (Lipinski definition) is 3. The molecule has 9 heteroatoms. The average molecular weight is 683 g/mol. The average Bonchev–Trinajstić information content (AvgIpc) is 3.79. The van der Waals surface area contributed by atoms with E-state index in [4.69, 9.17) is 14.7 Å². The maximum Gasteiger partial charge on any atom is 0.407 e. The van der Waals surface area contributed by atoms with Crippen LogP contribution in [0.1, 0.15) is 82.4 Å². The zero-order chi connectivity index (χ0) is 34.9. The van der Waals surface area contributed by atoms with Gasteiger partial charge in [0.2, 0.25) is 5.91 Å². The van der Waals surface area contributed by atoms with Crippen LogP contribution in [0.5, 0.6) is 0 Å². The third kappa shape index (κ3) is 5.90. The lowest BCUT2D eigenvalue weighted by molar-refractivity contribution is -0.135. The van der Waals surface area contributed by atoms with E-state index >= 15 is 0 Å². The molecule has 5 atom stereocenters.